The first kappa shape index (κ1) is 29.3. The number of anilines is 1. The standard InChI is InChI=1S/C27H36N6O6/c1-5-39-27(38)33-15-13-32(14-16-33)26(37)20(11-12-23(34)35)29-25(36)21-17-22(31(4)18(2)3)30-24(28-21)19-9-7-6-8-10-19/h6-10,17-18,20H,5,11-16H2,1-4H3,(H,29,36)(H,34,35). The number of ether oxygens (including phenoxy) is 1. The van der Waals surface area contributed by atoms with E-state index >= 15 is 0 Å². The highest BCUT2D eigenvalue weighted by Crippen LogP contribution is 2.21. The predicted octanol–water partition coefficient (Wildman–Crippen LogP) is 2.25. The summed E-state index contributed by atoms with van der Waals surface area (Å²) in [6, 6.07) is 9.81. The van der Waals surface area contributed by atoms with Crippen LogP contribution in [0.1, 0.15) is 44.1 Å². The molecule has 2 aromatic rings. The maximum atomic E-state index is 13.4. The van der Waals surface area contributed by atoms with Crippen LogP contribution in [0.5, 0.6) is 0 Å². The molecule has 0 saturated carbocycles. The minimum Gasteiger partial charge on any atom is -0.481 e. The normalized spacial score (nSPS) is 14.1. The molecule has 2 N–H and O–H groups in total. The Hall–Kier alpha value is -4.22. The number of piperazine rings is 1. The maximum Gasteiger partial charge on any atom is 0.409 e. The SMILES string of the molecule is CCOC(=O)N1CCN(C(=O)C(CCC(=O)O)NC(=O)c2cc(N(C)C(C)C)nc(-c3ccccc3)n2)CC1. The number of amides is 3. The molecule has 0 spiro atoms. The lowest BCUT2D eigenvalue weighted by Gasteiger charge is -2.36. The summed E-state index contributed by atoms with van der Waals surface area (Å²) in [7, 11) is 1.86. The lowest BCUT2D eigenvalue weighted by molar-refractivity contribution is -0.138. The molecule has 3 rings (SSSR count). The van der Waals surface area contributed by atoms with Crippen LogP contribution >= 0.6 is 0 Å². The summed E-state index contributed by atoms with van der Waals surface area (Å²) in [5.41, 5.74) is 0.787. The van der Waals surface area contributed by atoms with Gasteiger partial charge in [0.05, 0.1) is 6.61 Å². The molecule has 2 heterocycles. The van der Waals surface area contributed by atoms with Crippen molar-refractivity contribution in [3.05, 3.63) is 42.1 Å². The smallest absolute Gasteiger partial charge is 0.409 e. The quantitative estimate of drug-likeness (QED) is 0.463. The van der Waals surface area contributed by atoms with Crippen molar-refractivity contribution in [2.24, 2.45) is 0 Å². The van der Waals surface area contributed by atoms with Gasteiger partial charge < -0.3 is 29.9 Å². The molecule has 3 amide bonds. The second kappa shape index (κ2) is 13.5. The predicted molar refractivity (Wildman–Crippen MR) is 144 cm³/mol. The van der Waals surface area contributed by atoms with Crippen molar-refractivity contribution in [1.29, 1.82) is 0 Å². The highest BCUT2D eigenvalue weighted by Gasteiger charge is 2.31. The van der Waals surface area contributed by atoms with E-state index in [0.717, 1.165) is 5.56 Å². The molecule has 1 aliphatic rings. The highest BCUT2D eigenvalue weighted by molar-refractivity contribution is 5.97. The Bertz CT molecular complexity index is 1170. The molecule has 0 radical (unpaired) electrons. The number of nitrogens with zero attached hydrogens (tertiary/aromatic N) is 5. The zero-order valence-electron chi connectivity index (χ0n) is 22.8. The van der Waals surface area contributed by atoms with Crippen LogP contribution in [0, 0.1) is 0 Å². The van der Waals surface area contributed by atoms with Crippen molar-refractivity contribution >= 4 is 29.7 Å². The van der Waals surface area contributed by atoms with E-state index < -0.39 is 29.9 Å². The molecule has 1 atom stereocenters. The van der Waals surface area contributed by atoms with Crippen molar-refractivity contribution in [2.75, 3.05) is 44.7 Å². The Morgan fingerprint density at radius 1 is 1.05 bits per heavy atom. The van der Waals surface area contributed by atoms with Crippen LogP contribution in [0.3, 0.4) is 0 Å². The number of hydrogen-bond donors (Lipinski definition) is 2. The lowest BCUT2D eigenvalue weighted by atomic mass is 10.1. The number of carbonyl (C=O) groups is 4. The van der Waals surface area contributed by atoms with Crippen LogP contribution in [0.25, 0.3) is 11.4 Å². The number of aromatic nitrogens is 2. The van der Waals surface area contributed by atoms with Crippen LogP contribution in [0.15, 0.2) is 36.4 Å². The van der Waals surface area contributed by atoms with Gasteiger partial charge in [-0.25, -0.2) is 14.8 Å². The topological polar surface area (TPSA) is 145 Å². The van der Waals surface area contributed by atoms with E-state index in [0.29, 0.717) is 11.6 Å². The van der Waals surface area contributed by atoms with Crippen molar-refractivity contribution in [2.45, 2.75) is 45.7 Å². The third-order valence-electron chi connectivity index (χ3n) is 6.48. The first-order chi connectivity index (χ1) is 18.6. The fraction of sp³-hybridized carbons (Fsp3) is 0.481. The zero-order chi connectivity index (χ0) is 28.5. The summed E-state index contributed by atoms with van der Waals surface area (Å²) in [4.78, 5) is 64.1. The Morgan fingerprint density at radius 2 is 1.69 bits per heavy atom. The van der Waals surface area contributed by atoms with Crippen molar-refractivity contribution in [1.82, 2.24) is 25.1 Å². The Kier molecular flexibility index (Phi) is 10.2. The lowest BCUT2D eigenvalue weighted by Crippen LogP contribution is -2.56. The molecular formula is C27H36N6O6. The van der Waals surface area contributed by atoms with Crippen LogP contribution < -0.4 is 10.2 Å². The zero-order valence-corrected chi connectivity index (χ0v) is 22.8. The molecule has 210 valence electrons. The largest absolute Gasteiger partial charge is 0.481 e. The van der Waals surface area contributed by atoms with Crippen molar-refractivity contribution in [3.63, 3.8) is 0 Å². The summed E-state index contributed by atoms with van der Waals surface area (Å²) in [6.45, 7) is 7.00. The van der Waals surface area contributed by atoms with Crippen molar-refractivity contribution in [3.8, 4) is 11.4 Å². The van der Waals surface area contributed by atoms with Gasteiger partial charge in [-0.1, -0.05) is 30.3 Å². The van der Waals surface area contributed by atoms with E-state index in [1.54, 1.807) is 13.0 Å². The Labute approximate surface area is 228 Å². The molecule has 1 saturated heterocycles. The molecule has 1 aliphatic heterocycles. The third kappa shape index (κ3) is 7.88. The number of carboxylic acids is 1. The number of hydrogen-bond acceptors (Lipinski definition) is 8. The van der Waals surface area contributed by atoms with Gasteiger partial charge in [0.15, 0.2) is 5.82 Å². The number of carboxylic acid groups (broad SMARTS) is 1. The van der Waals surface area contributed by atoms with Gasteiger partial charge in [-0.15, -0.1) is 0 Å². The summed E-state index contributed by atoms with van der Waals surface area (Å²) >= 11 is 0. The Balaban J connectivity index is 1.83. The summed E-state index contributed by atoms with van der Waals surface area (Å²) in [6.07, 6.45) is -0.840. The van der Waals surface area contributed by atoms with Crippen molar-refractivity contribution < 1.29 is 29.0 Å². The van der Waals surface area contributed by atoms with E-state index in [9.17, 15) is 24.3 Å². The van der Waals surface area contributed by atoms with Gasteiger partial charge in [0.1, 0.15) is 17.6 Å². The first-order valence-corrected chi connectivity index (χ1v) is 13.0. The van der Waals surface area contributed by atoms with E-state index in [1.807, 2.05) is 56.1 Å². The van der Waals surface area contributed by atoms with Crippen LogP contribution in [-0.2, 0) is 14.3 Å². The molecule has 1 aromatic carbocycles. The van der Waals surface area contributed by atoms with E-state index in [2.05, 4.69) is 15.3 Å². The molecule has 0 aliphatic carbocycles. The van der Waals surface area contributed by atoms with Gasteiger partial charge in [-0.05, 0) is 27.2 Å². The summed E-state index contributed by atoms with van der Waals surface area (Å²) in [5, 5.41) is 11.9. The molecule has 1 unspecified atom stereocenters. The van der Waals surface area contributed by atoms with Gasteiger partial charge in [0.25, 0.3) is 5.91 Å². The number of benzene rings is 1. The molecule has 39 heavy (non-hydrogen) atoms. The molecule has 12 heteroatoms. The Morgan fingerprint density at radius 3 is 2.28 bits per heavy atom. The second-order valence-corrected chi connectivity index (χ2v) is 9.48. The fourth-order valence-corrected chi connectivity index (χ4v) is 4.01. The first-order valence-electron chi connectivity index (χ1n) is 13.0. The highest BCUT2D eigenvalue weighted by atomic mass is 16.6. The van der Waals surface area contributed by atoms with Crippen LogP contribution in [0.4, 0.5) is 10.6 Å². The van der Waals surface area contributed by atoms with Gasteiger partial charge in [-0.3, -0.25) is 14.4 Å². The average molecular weight is 541 g/mol. The van der Waals surface area contributed by atoms with Gasteiger partial charge in [-0.2, -0.15) is 0 Å². The average Bonchev–Trinajstić information content (AvgIpc) is 2.94. The van der Waals surface area contributed by atoms with E-state index in [-0.39, 0.29) is 57.4 Å². The monoisotopic (exact) mass is 540 g/mol. The summed E-state index contributed by atoms with van der Waals surface area (Å²) < 4.78 is 5.02. The van der Waals surface area contributed by atoms with E-state index in [1.165, 1.54) is 9.80 Å². The molecule has 0 bridgehead atoms. The molecule has 1 aromatic heterocycles. The minimum atomic E-state index is -1.08. The molecular weight excluding hydrogens is 504 g/mol. The number of aliphatic carboxylic acids is 1. The minimum absolute atomic E-state index is 0.0617. The fourth-order valence-electron chi connectivity index (χ4n) is 4.01. The number of rotatable bonds is 10. The van der Waals surface area contributed by atoms with Gasteiger partial charge >= 0.3 is 12.1 Å². The summed E-state index contributed by atoms with van der Waals surface area (Å²) in [5.74, 6) is -1.21. The van der Waals surface area contributed by atoms with E-state index in [4.69, 9.17) is 4.74 Å². The second-order valence-electron chi connectivity index (χ2n) is 9.48. The third-order valence-corrected chi connectivity index (χ3v) is 6.48. The molecule has 1 fully saturated rings. The number of nitrogens with one attached hydrogen (secondary N) is 1. The van der Waals surface area contributed by atoms with Crippen LogP contribution in [0.2, 0.25) is 0 Å². The molecule has 12 nitrogen and oxygen atoms in total. The van der Waals surface area contributed by atoms with Gasteiger partial charge in [0.2, 0.25) is 5.91 Å². The van der Waals surface area contributed by atoms with Crippen LogP contribution in [-0.4, -0.2) is 101 Å². The number of carbonyl (C=O) groups excluding carboxylic acids is 3. The maximum absolute atomic E-state index is 13.4. The van der Waals surface area contributed by atoms with Gasteiger partial charge in [0, 0.05) is 57.3 Å².